The van der Waals surface area contributed by atoms with Crippen LogP contribution in [0.25, 0.3) is 0 Å². The van der Waals surface area contributed by atoms with Crippen molar-refractivity contribution < 1.29 is 18.4 Å². The molecule has 1 aliphatic heterocycles. The van der Waals surface area contributed by atoms with Gasteiger partial charge in [0, 0.05) is 30.3 Å². The predicted molar refractivity (Wildman–Crippen MR) is 107 cm³/mol. The predicted octanol–water partition coefficient (Wildman–Crippen LogP) is 4.47. The SMILES string of the molecule is Cc1ccc(C(=O)N2C[C@@H]3CCC[C@@H]32)cc1NC(=O)CCc1ccc(F)c(F)c1. The molecule has 4 nitrogen and oxygen atoms in total. The van der Waals surface area contributed by atoms with Crippen LogP contribution in [0.1, 0.15) is 47.2 Å². The number of likely N-dealkylation sites (tertiary alicyclic amines) is 1. The van der Waals surface area contributed by atoms with Gasteiger partial charge in [0.15, 0.2) is 11.6 Å². The first-order valence-corrected chi connectivity index (χ1v) is 10.1. The Kier molecular flexibility index (Phi) is 5.35. The Labute approximate surface area is 168 Å². The van der Waals surface area contributed by atoms with Gasteiger partial charge in [0.05, 0.1) is 0 Å². The van der Waals surface area contributed by atoms with Gasteiger partial charge in [-0.3, -0.25) is 9.59 Å². The molecule has 29 heavy (non-hydrogen) atoms. The molecule has 2 atom stereocenters. The normalized spacial score (nSPS) is 20.2. The lowest BCUT2D eigenvalue weighted by Crippen LogP contribution is -2.55. The van der Waals surface area contributed by atoms with Gasteiger partial charge < -0.3 is 10.2 Å². The number of amides is 2. The number of fused-ring (bicyclic) bond motifs is 1. The standard InChI is InChI=1S/C23H24F2N2O2/c1-14-5-8-16(23(29)27-13-17-3-2-4-21(17)27)12-20(14)26-22(28)10-7-15-6-9-18(24)19(25)11-15/h5-6,8-9,11-12,17,21H,2-4,7,10,13H2,1H3,(H,26,28)/t17-,21-/m0/s1. The zero-order valence-corrected chi connectivity index (χ0v) is 16.4. The number of nitrogens with one attached hydrogen (secondary N) is 1. The number of carbonyl (C=O) groups excluding carboxylic acids is 2. The summed E-state index contributed by atoms with van der Waals surface area (Å²) in [7, 11) is 0. The van der Waals surface area contributed by atoms with E-state index in [2.05, 4.69) is 5.32 Å². The lowest BCUT2D eigenvalue weighted by Gasteiger charge is -2.44. The second-order valence-electron chi connectivity index (χ2n) is 8.04. The molecule has 1 saturated heterocycles. The van der Waals surface area contributed by atoms with Crippen LogP contribution in [0.5, 0.6) is 0 Å². The molecule has 2 aromatic rings. The Morgan fingerprint density at radius 3 is 2.69 bits per heavy atom. The van der Waals surface area contributed by atoms with Crippen molar-refractivity contribution in [2.45, 2.75) is 45.1 Å². The highest BCUT2D eigenvalue weighted by atomic mass is 19.2. The Balaban J connectivity index is 1.39. The highest BCUT2D eigenvalue weighted by molar-refractivity contribution is 5.98. The molecule has 0 bridgehead atoms. The van der Waals surface area contributed by atoms with E-state index in [4.69, 9.17) is 0 Å². The van der Waals surface area contributed by atoms with Crippen molar-refractivity contribution >= 4 is 17.5 Å². The molecule has 2 aliphatic rings. The van der Waals surface area contributed by atoms with Crippen molar-refractivity contribution in [1.29, 1.82) is 0 Å². The van der Waals surface area contributed by atoms with E-state index in [1.165, 1.54) is 18.9 Å². The molecule has 4 rings (SSSR count). The van der Waals surface area contributed by atoms with E-state index in [1.807, 2.05) is 17.9 Å². The number of aryl methyl sites for hydroxylation is 2. The summed E-state index contributed by atoms with van der Waals surface area (Å²) < 4.78 is 26.3. The van der Waals surface area contributed by atoms with Crippen LogP contribution in [0.4, 0.5) is 14.5 Å². The van der Waals surface area contributed by atoms with E-state index >= 15 is 0 Å². The van der Waals surface area contributed by atoms with Crippen LogP contribution in [0.3, 0.4) is 0 Å². The summed E-state index contributed by atoms with van der Waals surface area (Å²) in [5.74, 6) is -1.38. The molecule has 0 spiro atoms. The average Bonchev–Trinajstić information content (AvgIpc) is 3.05. The minimum atomic E-state index is -0.916. The van der Waals surface area contributed by atoms with Gasteiger partial charge in [0.1, 0.15) is 0 Å². The van der Waals surface area contributed by atoms with E-state index in [9.17, 15) is 18.4 Å². The number of benzene rings is 2. The number of carbonyl (C=O) groups is 2. The average molecular weight is 398 g/mol. The molecule has 0 aromatic heterocycles. The van der Waals surface area contributed by atoms with Crippen LogP contribution in [0, 0.1) is 24.5 Å². The maximum absolute atomic E-state index is 13.3. The topological polar surface area (TPSA) is 49.4 Å². The lowest BCUT2D eigenvalue weighted by atomic mass is 9.91. The van der Waals surface area contributed by atoms with Crippen LogP contribution in [-0.4, -0.2) is 29.3 Å². The number of anilines is 1. The summed E-state index contributed by atoms with van der Waals surface area (Å²) in [4.78, 5) is 27.1. The molecule has 2 fully saturated rings. The Morgan fingerprint density at radius 1 is 1.10 bits per heavy atom. The first-order valence-electron chi connectivity index (χ1n) is 10.1. The molecule has 0 unspecified atom stereocenters. The maximum Gasteiger partial charge on any atom is 0.254 e. The van der Waals surface area contributed by atoms with Crippen molar-refractivity contribution in [1.82, 2.24) is 4.90 Å². The molecule has 6 heteroatoms. The van der Waals surface area contributed by atoms with Gasteiger partial charge in [-0.25, -0.2) is 8.78 Å². The summed E-state index contributed by atoms with van der Waals surface area (Å²) >= 11 is 0. The fourth-order valence-electron chi connectivity index (χ4n) is 4.35. The minimum Gasteiger partial charge on any atom is -0.335 e. The van der Waals surface area contributed by atoms with Gasteiger partial charge >= 0.3 is 0 Å². The third-order valence-electron chi connectivity index (χ3n) is 6.09. The number of nitrogens with zero attached hydrogens (tertiary/aromatic N) is 1. The molecule has 152 valence electrons. The first kappa shape index (κ1) is 19.6. The monoisotopic (exact) mass is 398 g/mol. The van der Waals surface area contributed by atoms with Gasteiger partial charge in [-0.15, -0.1) is 0 Å². The molecule has 1 heterocycles. The van der Waals surface area contributed by atoms with Crippen molar-refractivity contribution in [3.8, 4) is 0 Å². The summed E-state index contributed by atoms with van der Waals surface area (Å²) in [5, 5.41) is 2.85. The third-order valence-corrected chi connectivity index (χ3v) is 6.09. The molecule has 1 aliphatic carbocycles. The Hall–Kier alpha value is -2.76. The fourth-order valence-corrected chi connectivity index (χ4v) is 4.35. The third kappa shape index (κ3) is 4.02. The second-order valence-corrected chi connectivity index (χ2v) is 8.04. The van der Waals surface area contributed by atoms with E-state index < -0.39 is 11.6 Å². The first-order chi connectivity index (χ1) is 13.9. The number of rotatable bonds is 5. The van der Waals surface area contributed by atoms with Gasteiger partial charge in [0.2, 0.25) is 5.91 Å². The van der Waals surface area contributed by atoms with E-state index in [0.717, 1.165) is 30.7 Å². The van der Waals surface area contributed by atoms with Gasteiger partial charge in [-0.1, -0.05) is 18.6 Å². The second kappa shape index (κ2) is 7.93. The molecule has 2 amide bonds. The number of halogens is 2. The molecule has 1 N–H and O–H groups in total. The highest BCUT2D eigenvalue weighted by Crippen LogP contribution is 2.39. The molecule has 1 saturated carbocycles. The van der Waals surface area contributed by atoms with E-state index in [0.29, 0.717) is 35.2 Å². The summed E-state index contributed by atoms with van der Waals surface area (Å²) in [6.07, 6.45) is 3.92. The molecule has 0 radical (unpaired) electrons. The summed E-state index contributed by atoms with van der Waals surface area (Å²) in [5.41, 5.74) is 2.61. The number of hydrogen-bond donors (Lipinski definition) is 1. The van der Waals surface area contributed by atoms with Crippen molar-refractivity contribution in [3.05, 3.63) is 64.7 Å². The molecular weight excluding hydrogens is 374 g/mol. The van der Waals surface area contributed by atoms with Crippen LogP contribution < -0.4 is 5.32 Å². The van der Waals surface area contributed by atoms with Gasteiger partial charge in [-0.05, 0) is 67.5 Å². The van der Waals surface area contributed by atoms with Gasteiger partial charge in [-0.2, -0.15) is 0 Å². The van der Waals surface area contributed by atoms with Crippen molar-refractivity contribution in [2.75, 3.05) is 11.9 Å². The van der Waals surface area contributed by atoms with Gasteiger partial charge in [0.25, 0.3) is 5.91 Å². The van der Waals surface area contributed by atoms with E-state index in [1.54, 1.807) is 12.1 Å². The van der Waals surface area contributed by atoms with Crippen molar-refractivity contribution in [2.24, 2.45) is 5.92 Å². The molecule has 2 aromatic carbocycles. The van der Waals surface area contributed by atoms with Crippen LogP contribution >= 0.6 is 0 Å². The van der Waals surface area contributed by atoms with Crippen LogP contribution in [-0.2, 0) is 11.2 Å². The molecular formula is C23H24F2N2O2. The zero-order chi connectivity index (χ0) is 20.5. The van der Waals surface area contributed by atoms with Crippen molar-refractivity contribution in [3.63, 3.8) is 0 Å². The largest absolute Gasteiger partial charge is 0.335 e. The maximum atomic E-state index is 13.3. The fraction of sp³-hybridized carbons (Fsp3) is 0.391. The summed E-state index contributed by atoms with van der Waals surface area (Å²) in [6.45, 7) is 2.70. The Morgan fingerprint density at radius 2 is 1.93 bits per heavy atom. The number of hydrogen-bond acceptors (Lipinski definition) is 2. The summed E-state index contributed by atoms with van der Waals surface area (Å²) in [6, 6.07) is 9.39. The minimum absolute atomic E-state index is 0.0189. The quantitative estimate of drug-likeness (QED) is 0.808. The smallest absolute Gasteiger partial charge is 0.254 e. The zero-order valence-electron chi connectivity index (χ0n) is 16.4. The lowest BCUT2D eigenvalue weighted by molar-refractivity contribution is -0.116. The van der Waals surface area contributed by atoms with Crippen LogP contribution in [0.15, 0.2) is 36.4 Å². The Bertz CT molecular complexity index is 960. The van der Waals surface area contributed by atoms with Crippen LogP contribution in [0.2, 0.25) is 0 Å². The van der Waals surface area contributed by atoms with E-state index in [-0.39, 0.29) is 18.2 Å². The highest BCUT2D eigenvalue weighted by Gasteiger charge is 2.44.